The SMILES string of the molecule is CN(/N=N\c1nc[nH]c1C(N)=O)C(C)(C)C. The van der Waals surface area contributed by atoms with Gasteiger partial charge in [0.05, 0.1) is 11.9 Å². The van der Waals surface area contributed by atoms with Crippen LogP contribution in [0.1, 0.15) is 31.3 Å². The van der Waals surface area contributed by atoms with E-state index < -0.39 is 5.91 Å². The van der Waals surface area contributed by atoms with Gasteiger partial charge in [0.1, 0.15) is 0 Å². The second-order valence-electron chi connectivity index (χ2n) is 4.35. The number of aromatic nitrogens is 2. The number of H-pyrrole nitrogens is 1. The van der Waals surface area contributed by atoms with Gasteiger partial charge in [-0.15, -0.1) is 5.11 Å². The third kappa shape index (κ3) is 2.78. The number of nitrogens with zero attached hydrogens (tertiary/aromatic N) is 4. The summed E-state index contributed by atoms with van der Waals surface area (Å²) >= 11 is 0. The van der Waals surface area contributed by atoms with E-state index in [0.717, 1.165) is 0 Å². The van der Waals surface area contributed by atoms with Gasteiger partial charge in [0, 0.05) is 7.05 Å². The van der Waals surface area contributed by atoms with Gasteiger partial charge >= 0.3 is 0 Å². The maximum Gasteiger partial charge on any atom is 0.269 e. The van der Waals surface area contributed by atoms with E-state index >= 15 is 0 Å². The molecule has 0 radical (unpaired) electrons. The van der Waals surface area contributed by atoms with Gasteiger partial charge in [-0.25, -0.2) is 4.98 Å². The average Bonchev–Trinajstić information content (AvgIpc) is 2.60. The first-order valence-corrected chi connectivity index (χ1v) is 4.81. The maximum atomic E-state index is 11.0. The molecule has 0 atom stereocenters. The molecule has 1 heterocycles. The second kappa shape index (κ2) is 4.30. The molecule has 16 heavy (non-hydrogen) atoms. The zero-order valence-corrected chi connectivity index (χ0v) is 9.85. The van der Waals surface area contributed by atoms with Gasteiger partial charge in [-0.3, -0.25) is 9.80 Å². The summed E-state index contributed by atoms with van der Waals surface area (Å²) in [5, 5.41) is 9.48. The quantitative estimate of drug-likeness (QED) is 0.596. The smallest absolute Gasteiger partial charge is 0.269 e. The van der Waals surface area contributed by atoms with Crippen LogP contribution in [0.5, 0.6) is 0 Å². The van der Waals surface area contributed by atoms with Crippen LogP contribution in [0.25, 0.3) is 0 Å². The normalized spacial score (nSPS) is 12.0. The topological polar surface area (TPSA) is 99.7 Å². The molecule has 3 N–H and O–H groups in total. The summed E-state index contributed by atoms with van der Waals surface area (Å²) < 4.78 is 0. The van der Waals surface area contributed by atoms with E-state index in [-0.39, 0.29) is 17.1 Å². The molecule has 1 rings (SSSR count). The Labute approximate surface area is 93.7 Å². The lowest BCUT2D eigenvalue weighted by Crippen LogP contribution is -2.33. The Kier molecular flexibility index (Phi) is 3.26. The number of primary amides is 1. The van der Waals surface area contributed by atoms with Gasteiger partial charge in [-0.2, -0.15) is 0 Å². The summed E-state index contributed by atoms with van der Waals surface area (Å²) in [6, 6.07) is 0. The van der Waals surface area contributed by atoms with Crippen LogP contribution in [0, 0.1) is 0 Å². The zero-order valence-electron chi connectivity index (χ0n) is 9.85. The number of hydrogen-bond acceptors (Lipinski definition) is 4. The van der Waals surface area contributed by atoms with Crippen molar-refractivity contribution in [1.29, 1.82) is 0 Å². The lowest BCUT2D eigenvalue weighted by molar-refractivity contribution is 0.0996. The lowest BCUT2D eigenvalue weighted by atomic mass is 10.1. The molecule has 0 saturated heterocycles. The van der Waals surface area contributed by atoms with E-state index in [9.17, 15) is 4.79 Å². The molecule has 0 spiro atoms. The molecule has 0 aliphatic carbocycles. The number of nitrogens with one attached hydrogen (secondary N) is 1. The van der Waals surface area contributed by atoms with Crippen molar-refractivity contribution in [2.45, 2.75) is 26.3 Å². The lowest BCUT2D eigenvalue weighted by Gasteiger charge is -2.27. The third-order valence-corrected chi connectivity index (χ3v) is 2.11. The summed E-state index contributed by atoms with van der Waals surface area (Å²) in [4.78, 5) is 17.4. The van der Waals surface area contributed by atoms with E-state index in [0.29, 0.717) is 0 Å². The first-order valence-electron chi connectivity index (χ1n) is 4.81. The average molecular weight is 224 g/mol. The van der Waals surface area contributed by atoms with Crippen LogP contribution < -0.4 is 5.73 Å². The van der Waals surface area contributed by atoms with Gasteiger partial charge < -0.3 is 10.7 Å². The van der Waals surface area contributed by atoms with Gasteiger partial charge in [0.2, 0.25) is 5.82 Å². The summed E-state index contributed by atoms with van der Waals surface area (Å²) in [6.45, 7) is 5.97. The monoisotopic (exact) mass is 224 g/mol. The van der Waals surface area contributed by atoms with Crippen LogP contribution in [0.2, 0.25) is 0 Å². The molecule has 0 aromatic carbocycles. The van der Waals surface area contributed by atoms with Crippen molar-refractivity contribution < 1.29 is 4.79 Å². The molecule has 0 fully saturated rings. The Bertz CT molecular complexity index is 402. The van der Waals surface area contributed by atoms with Crippen LogP contribution in [0.4, 0.5) is 5.82 Å². The number of rotatable bonds is 3. The zero-order chi connectivity index (χ0) is 12.3. The predicted octanol–water partition coefficient (Wildman–Crippen LogP) is 1.24. The molecule has 0 unspecified atom stereocenters. The van der Waals surface area contributed by atoms with E-state index in [1.807, 2.05) is 20.8 Å². The van der Waals surface area contributed by atoms with E-state index in [1.54, 1.807) is 12.1 Å². The largest absolute Gasteiger partial charge is 0.364 e. The fraction of sp³-hybridized carbons (Fsp3) is 0.556. The standard InChI is InChI=1S/C9H16N6O/c1-9(2,3)15(4)14-13-8-6(7(10)16)11-5-12-8/h5H,1-4H3,(H2,10,16)(H,11,12)/b14-13-. The number of carbonyl (C=O) groups excluding carboxylic acids is 1. The van der Waals surface area contributed by atoms with Crippen LogP contribution in [-0.2, 0) is 0 Å². The highest BCUT2D eigenvalue weighted by molar-refractivity contribution is 5.94. The minimum absolute atomic E-state index is 0.146. The third-order valence-electron chi connectivity index (χ3n) is 2.11. The van der Waals surface area contributed by atoms with Gasteiger partial charge in [-0.1, -0.05) is 5.22 Å². The molecule has 0 bridgehead atoms. The van der Waals surface area contributed by atoms with Gasteiger partial charge in [0.25, 0.3) is 5.91 Å². The number of amides is 1. The maximum absolute atomic E-state index is 11.0. The van der Waals surface area contributed by atoms with Crippen LogP contribution in [0.3, 0.4) is 0 Å². The molecule has 1 aromatic rings. The van der Waals surface area contributed by atoms with Crippen molar-refractivity contribution in [2.24, 2.45) is 16.1 Å². The highest BCUT2D eigenvalue weighted by atomic mass is 16.1. The molecule has 0 saturated carbocycles. The predicted molar refractivity (Wildman–Crippen MR) is 59.1 cm³/mol. The minimum Gasteiger partial charge on any atom is -0.364 e. The molecule has 1 aromatic heterocycles. The van der Waals surface area contributed by atoms with Crippen molar-refractivity contribution in [2.75, 3.05) is 7.05 Å². The Morgan fingerprint density at radius 3 is 2.69 bits per heavy atom. The molecule has 7 heteroatoms. The van der Waals surface area contributed by atoms with E-state index in [4.69, 9.17) is 5.73 Å². The highest BCUT2D eigenvalue weighted by Crippen LogP contribution is 2.16. The molecule has 7 nitrogen and oxygen atoms in total. The molecule has 1 amide bonds. The molecule has 0 aliphatic heterocycles. The fourth-order valence-electron chi connectivity index (χ4n) is 0.788. The Morgan fingerprint density at radius 1 is 1.56 bits per heavy atom. The number of hydrogen-bond donors (Lipinski definition) is 2. The highest BCUT2D eigenvalue weighted by Gasteiger charge is 2.16. The van der Waals surface area contributed by atoms with Gasteiger partial charge in [-0.05, 0) is 20.8 Å². The number of nitrogens with two attached hydrogens (primary N) is 1. The first kappa shape index (κ1) is 12.2. The Hall–Kier alpha value is -1.92. The number of aromatic amines is 1. The molecule has 88 valence electrons. The number of carbonyl (C=O) groups is 1. The van der Waals surface area contributed by atoms with Crippen LogP contribution in [-0.4, -0.2) is 33.5 Å². The first-order chi connectivity index (χ1) is 7.32. The van der Waals surface area contributed by atoms with E-state index in [2.05, 4.69) is 20.3 Å². The van der Waals surface area contributed by atoms with Crippen molar-refractivity contribution in [1.82, 2.24) is 15.0 Å². The van der Waals surface area contributed by atoms with Crippen molar-refractivity contribution in [3.8, 4) is 0 Å². The summed E-state index contributed by atoms with van der Waals surface area (Å²) in [7, 11) is 1.79. The fourth-order valence-corrected chi connectivity index (χ4v) is 0.788. The molecular formula is C9H16N6O. The Morgan fingerprint density at radius 2 is 2.19 bits per heavy atom. The summed E-state index contributed by atoms with van der Waals surface area (Å²) in [5.74, 6) is -0.409. The van der Waals surface area contributed by atoms with Crippen LogP contribution >= 0.6 is 0 Å². The Balaban J connectivity index is 2.85. The summed E-state index contributed by atoms with van der Waals surface area (Å²) in [5.41, 5.74) is 5.14. The summed E-state index contributed by atoms with van der Waals surface area (Å²) in [6.07, 6.45) is 1.35. The number of imidazole rings is 1. The molecular weight excluding hydrogens is 208 g/mol. The van der Waals surface area contributed by atoms with Crippen molar-refractivity contribution in [3.63, 3.8) is 0 Å². The van der Waals surface area contributed by atoms with Crippen molar-refractivity contribution in [3.05, 3.63) is 12.0 Å². The van der Waals surface area contributed by atoms with Crippen molar-refractivity contribution >= 4 is 11.7 Å². The molecule has 0 aliphatic rings. The second-order valence-corrected chi connectivity index (χ2v) is 4.35. The minimum atomic E-state index is -0.607. The van der Waals surface area contributed by atoms with Gasteiger partial charge in [0.15, 0.2) is 5.69 Å². The van der Waals surface area contributed by atoms with Crippen LogP contribution in [0.15, 0.2) is 16.7 Å². The van der Waals surface area contributed by atoms with E-state index in [1.165, 1.54) is 6.33 Å².